The molecule has 0 unspecified atom stereocenters. The number of aryl methyl sites for hydroxylation is 1. The average Bonchev–Trinajstić information content (AvgIpc) is 3.34. The minimum atomic E-state index is -0.331. The van der Waals surface area contributed by atoms with Crippen LogP contribution >= 0.6 is 0 Å². The summed E-state index contributed by atoms with van der Waals surface area (Å²) < 4.78 is 21.4. The Bertz CT molecular complexity index is 1150. The summed E-state index contributed by atoms with van der Waals surface area (Å²) in [4.78, 5) is 34.2. The summed E-state index contributed by atoms with van der Waals surface area (Å²) in [5, 5.41) is 0. The maximum absolute atomic E-state index is 13.4. The Kier molecular flexibility index (Phi) is 8.36. The summed E-state index contributed by atoms with van der Waals surface area (Å²) in [6.07, 6.45) is 4.87. The van der Waals surface area contributed by atoms with E-state index < -0.39 is 0 Å². The van der Waals surface area contributed by atoms with Gasteiger partial charge in [0.2, 0.25) is 11.8 Å². The summed E-state index contributed by atoms with van der Waals surface area (Å²) in [6.45, 7) is 3.70. The van der Waals surface area contributed by atoms with Crippen LogP contribution in [0.15, 0.2) is 67.0 Å². The summed E-state index contributed by atoms with van der Waals surface area (Å²) in [5.74, 6) is 0.899. The Morgan fingerprint density at radius 3 is 2.61 bits per heavy atom. The molecule has 1 aliphatic rings. The van der Waals surface area contributed by atoms with Crippen molar-refractivity contribution in [2.24, 2.45) is 5.92 Å². The molecule has 3 aromatic rings. The van der Waals surface area contributed by atoms with Crippen molar-refractivity contribution in [3.63, 3.8) is 0 Å². The molecule has 7 nitrogen and oxygen atoms in total. The predicted molar refractivity (Wildman–Crippen MR) is 135 cm³/mol. The summed E-state index contributed by atoms with van der Waals surface area (Å²) in [5.41, 5.74) is 1.06. The van der Waals surface area contributed by atoms with Crippen LogP contribution in [-0.4, -0.2) is 57.4 Å². The van der Waals surface area contributed by atoms with Crippen molar-refractivity contribution >= 4 is 11.8 Å². The maximum Gasteiger partial charge on any atom is 0.242 e. The van der Waals surface area contributed by atoms with E-state index in [1.54, 1.807) is 30.3 Å². The van der Waals surface area contributed by atoms with Crippen LogP contribution < -0.4 is 4.74 Å². The molecule has 2 aromatic carbocycles. The molecule has 0 bridgehead atoms. The highest BCUT2D eigenvalue weighted by atomic mass is 19.1. The highest BCUT2D eigenvalue weighted by molar-refractivity contribution is 5.78. The number of benzene rings is 2. The van der Waals surface area contributed by atoms with Crippen molar-refractivity contribution < 1.29 is 18.7 Å². The molecule has 1 aromatic heterocycles. The van der Waals surface area contributed by atoms with E-state index in [0.29, 0.717) is 31.8 Å². The smallest absolute Gasteiger partial charge is 0.242 e. The van der Waals surface area contributed by atoms with Gasteiger partial charge in [-0.25, -0.2) is 9.37 Å². The van der Waals surface area contributed by atoms with E-state index in [9.17, 15) is 14.0 Å². The van der Waals surface area contributed by atoms with E-state index in [1.165, 1.54) is 12.1 Å². The van der Waals surface area contributed by atoms with Crippen LogP contribution in [-0.2, 0) is 29.1 Å². The lowest BCUT2D eigenvalue weighted by Gasteiger charge is -2.39. The number of aromatic nitrogens is 2. The third-order valence-corrected chi connectivity index (χ3v) is 6.67. The highest BCUT2D eigenvalue weighted by Gasteiger charge is 2.35. The summed E-state index contributed by atoms with van der Waals surface area (Å²) in [6, 6.07) is 15.7. The predicted octanol–water partition coefficient (Wildman–Crippen LogP) is 3.93. The molecule has 2 amide bonds. The van der Waals surface area contributed by atoms with Crippen molar-refractivity contribution in [2.45, 2.75) is 45.4 Å². The van der Waals surface area contributed by atoms with Gasteiger partial charge in [0.05, 0.1) is 0 Å². The fourth-order valence-corrected chi connectivity index (χ4v) is 4.65. The number of halogens is 1. The Morgan fingerprint density at radius 2 is 1.89 bits per heavy atom. The van der Waals surface area contributed by atoms with Gasteiger partial charge in [-0.2, -0.15) is 0 Å². The number of nitrogens with zero attached hydrogens (tertiary/aromatic N) is 4. The van der Waals surface area contributed by atoms with E-state index >= 15 is 0 Å². The van der Waals surface area contributed by atoms with Gasteiger partial charge in [0.1, 0.15) is 30.0 Å². The molecule has 0 aliphatic carbocycles. The zero-order valence-electron chi connectivity index (χ0n) is 20.8. The van der Waals surface area contributed by atoms with E-state index in [0.717, 1.165) is 17.8 Å². The third kappa shape index (κ3) is 6.50. The molecule has 8 heteroatoms. The standard InChI is InChI=1S/C28H33FN4O3/c1-3-26-30-14-16-32(26)20-28(35)33-15-13-25(36-24-11-9-23(29)10-12-24)22(19-33)17-27(34)31(2)18-21-7-5-4-6-8-21/h4-12,14,16,22,25H,3,13,15,17-20H2,1-2H3/t22-,25-/m0/s1. The van der Waals surface area contributed by atoms with Gasteiger partial charge >= 0.3 is 0 Å². The molecule has 1 aliphatic heterocycles. The van der Waals surface area contributed by atoms with Gasteiger partial charge in [-0.1, -0.05) is 37.3 Å². The second-order valence-electron chi connectivity index (χ2n) is 9.26. The zero-order chi connectivity index (χ0) is 25.5. The quantitative estimate of drug-likeness (QED) is 0.454. The number of imidazole rings is 1. The van der Waals surface area contributed by atoms with E-state index in [1.807, 2.05) is 52.9 Å². The normalized spacial score (nSPS) is 17.6. The molecular formula is C28H33FN4O3. The topological polar surface area (TPSA) is 67.7 Å². The van der Waals surface area contributed by atoms with Gasteiger partial charge in [0, 0.05) is 64.3 Å². The molecule has 0 N–H and O–H groups in total. The molecule has 1 saturated heterocycles. The first-order chi connectivity index (χ1) is 17.4. The summed E-state index contributed by atoms with van der Waals surface area (Å²) >= 11 is 0. The number of ether oxygens (including phenoxy) is 1. The average molecular weight is 493 g/mol. The fourth-order valence-electron chi connectivity index (χ4n) is 4.65. The second-order valence-corrected chi connectivity index (χ2v) is 9.26. The number of amides is 2. The van der Waals surface area contributed by atoms with Gasteiger partial charge in [-0.3, -0.25) is 9.59 Å². The maximum atomic E-state index is 13.4. The Morgan fingerprint density at radius 1 is 1.14 bits per heavy atom. The number of piperidine rings is 1. The van der Waals surface area contributed by atoms with Crippen LogP contribution in [0.5, 0.6) is 5.75 Å². The molecule has 4 rings (SSSR count). The van der Waals surface area contributed by atoms with E-state index in [4.69, 9.17) is 4.74 Å². The van der Waals surface area contributed by atoms with Crippen molar-refractivity contribution in [1.29, 1.82) is 0 Å². The SMILES string of the molecule is CCc1nccn1CC(=O)N1CC[C@H](Oc2ccc(F)cc2)[C@@H](CC(=O)N(C)Cc2ccccc2)C1. The molecule has 2 heterocycles. The minimum absolute atomic E-state index is 0.00183. The largest absolute Gasteiger partial charge is 0.490 e. The number of carbonyl (C=O) groups is 2. The number of rotatable bonds is 9. The van der Waals surface area contributed by atoms with Crippen molar-refractivity contribution in [3.05, 3.63) is 84.2 Å². The van der Waals surface area contributed by atoms with Gasteiger partial charge in [-0.05, 0) is 29.8 Å². The molecule has 2 atom stereocenters. The lowest BCUT2D eigenvalue weighted by Crippen LogP contribution is -2.50. The number of hydrogen-bond donors (Lipinski definition) is 0. The first-order valence-electron chi connectivity index (χ1n) is 12.4. The molecular weight excluding hydrogens is 459 g/mol. The van der Waals surface area contributed by atoms with Crippen LogP contribution in [0.3, 0.4) is 0 Å². The van der Waals surface area contributed by atoms with Gasteiger partial charge in [-0.15, -0.1) is 0 Å². The fraction of sp³-hybridized carbons (Fsp3) is 0.393. The Hall–Kier alpha value is -3.68. The molecule has 0 saturated carbocycles. The Balaban J connectivity index is 1.45. The summed E-state index contributed by atoms with van der Waals surface area (Å²) in [7, 11) is 1.79. The van der Waals surface area contributed by atoms with Crippen molar-refractivity contribution in [2.75, 3.05) is 20.1 Å². The van der Waals surface area contributed by atoms with Gasteiger partial charge in [0.25, 0.3) is 0 Å². The highest BCUT2D eigenvalue weighted by Crippen LogP contribution is 2.27. The molecule has 0 radical (unpaired) electrons. The third-order valence-electron chi connectivity index (χ3n) is 6.67. The Labute approximate surface area is 211 Å². The second kappa shape index (κ2) is 11.8. The van der Waals surface area contributed by atoms with Crippen molar-refractivity contribution in [3.8, 4) is 5.75 Å². The van der Waals surface area contributed by atoms with Crippen LogP contribution in [0.2, 0.25) is 0 Å². The van der Waals surface area contributed by atoms with Crippen LogP contribution in [0.25, 0.3) is 0 Å². The molecule has 36 heavy (non-hydrogen) atoms. The first-order valence-corrected chi connectivity index (χ1v) is 12.4. The molecule has 1 fully saturated rings. The van der Waals surface area contributed by atoms with Crippen LogP contribution in [0.1, 0.15) is 31.2 Å². The van der Waals surface area contributed by atoms with Crippen LogP contribution in [0, 0.1) is 11.7 Å². The van der Waals surface area contributed by atoms with Gasteiger partial charge in [0.15, 0.2) is 0 Å². The lowest BCUT2D eigenvalue weighted by molar-refractivity contribution is -0.139. The number of hydrogen-bond acceptors (Lipinski definition) is 4. The molecule has 0 spiro atoms. The van der Waals surface area contributed by atoms with Crippen LogP contribution in [0.4, 0.5) is 4.39 Å². The minimum Gasteiger partial charge on any atom is -0.490 e. The van der Waals surface area contributed by atoms with Gasteiger partial charge < -0.3 is 19.1 Å². The monoisotopic (exact) mass is 492 g/mol. The van der Waals surface area contributed by atoms with Crippen molar-refractivity contribution in [1.82, 2.24) is 19.4 Å². The lowest BCUT2D eigenvalue weighted by atomic mass is 9.90. The van der Waals surface area contributed by atoms with E-state index in [2.05, 4.69) is 4.98 Å². The first kappa shape index (κ1) is 25.4. The number of likely N-dealkylation sites (tertiary alicyclic amines) is 1. The molecule has 190 valence electrons. The number of carbonyl (C=O) groups excluding carboxylic acids is 2. The zero-order valence-corrected chi connectivity index (χ0v) is 20.8. The van der Waals surface area contributed by atoms with E-state index in [-0.39, 0.29) is 42.6 Å².